The van der Waals surface area contributed by atoms with Crippen molar-refractivity contribution in [1.29, 1.82) is 0 Å². The molecule has 0 saturated carbocycles. The molecule has 0 radical (unpaired) electrons. The zero-order valence-electron chi connectivity index (χ0n) is 6.58. The normalized spacial score (nSPS) is 9.55. The number of carbonyl (C=O) groups excluding carboxylic acids is 1. The molecule has 0 aromatic carbocycles. The number of ether oxygens (including phenoxy) is 2. The van der Waals surface area contributed by atoms with E-state index >= 15 is 0 Å². The molecule has 0 saturated heterocycles. The Hall–Kier alpha value is -1.25. The van der Waals surface area contributed by atoms with Crippen molar-refractivity contribution in [2.45, 2.75) is 6.92 Å². The van der Waals surface area contributed by atoms with E-state index in [1.165, 1.54) is 12.3 Å². The average Bonchev–Trinajstić information content (AvgIpc) is 1.99. The molecule has 11 heavy (non-hydrogen) atoms. The van der Waals surface area contributed by atoms with Crippen molar-refractivity contribution in [3.05, 3.63) is 25.0 Å². The van der Waals surface area contributed by atoms with E-state index in [0.717, 1.165) is 0 Å². The molecular formula is C8H12O3. The summed E-state index contributed by atoms with van der Waals surface area (Å²) in [4.78, 5) is 10.6. The van der Waals surface area contributed by atoms with Crippen LogP contribution in [0.4, 0.5) is 0 Å². The van der Waals surface area contributed by atoms with Crippen molar-refractivity contribution in [1.82, 2.24) is 0 Å². The highest BCUT2D eigenvalue weighted by molar-refractivity contribution is 5.81. The maximum Gasteiger partial charge on any atom is 0.333 e. The van der Waals surface area contributed by atoms with Crippen LogP contribution in [-0.4, -0.2) is 19.2 Å². The highest BCUT2D eigenvalue weighted by Gasteiger charge is 1.91. The first-order valence-corrected chi connectivity index (χ1v) is 3.37. The SMILES string of the molecule is C=CCO/C=C/C(=O)OCC. The van der Waals surface area contributed by atoms with Gasteiger partial charge in [-0.25, -0.2) is 4.79 Å². The van der Waals surface area contributed by atoms with Gasteiger partial charge in [-0.15, -0.1) is 0 Å². The Morgan fingerprint density at radius 1 is 1.64 bits per heavy atom. The monoisotopic (exact) mass is 156 g/mol. The molecule has 3 heteroatoms. The summed E-state index contributed by atoms with van der Waals surface area (Å²) in [7, 11) is 0. The fraction of sp³-hybridized carbons (Fsp3) is 0.375. The number of hydrogen-bond acceptors (Lipinski definition) is 3. The van der Waals surface area contributed by atoms with Crippen molar-refractivity contribution in [3.63, 3.8) is 0 Å². The molecule has 0 aromatic rings. The lowest BCUT2D eigenvalue weighted by Crippen LogP contribution is -1.99. The summed E-state index contributed by atoms with van der Waals surface area (Å²) < 4.78 is 9.39. The van der Waals surface area contributed by atoms with Gasteiger partial charge in [-0.2, -0.15) is 0 Å². The van der Waals surface area contributed by atoms with E-state index in [9.17, 15) is 4.79 Å². The summed E-state index contributed by atoms with van der Waals surface area (Å²) in [5.41, 5.74) is 0. The molecule has 0 heterocycles. The van der Waals surface area contributed by atoms with Gasteiger partial charge in [0.2, 0.25) is 0 Å². The zero-order valence-corrected chi connectivity index (χ0v) is 6.58. The van der Waals surface area contributed by atoms with E-state index in [1.807, 2.05) is 0 Å². The number of hydrogen-bond donors (Lipinski definition) is 0. The largest absolute Gasteiger partial charge is 0.497 e. The minimum Gasteiger partial charge on any atom is -0.497 e. The molecular weight excluding hydrogens is 144 g/mol. The lowest BCUT2D eigenvalue weighted by molar-refractivity contribution is -0.137. The van der Waals surface area contributed by atoms with Gasteiger partial charge in [0.25, 0.3) is 0 Å². The van der Waals surface area contributed by atoms with Crippen LogP contribution in [0.25, 0.3) is 0 Å². The van der Waals surface area contributed by atoms with Gasteiger partial charge in [-0.3, -0.25) is 0 Å². The van der Waals surface area contributed by atoms with Gasteiger partial charge in [-0.05, 0) is 6.92 Å². The average molecular weight is 156 g/mol. The van der Waals surface area contributed by atoms with Gasteiger partial charge in [0, 0.05) is 0 Å². The summed E-state index contributed by atoms with van der Waals surface area (Å²) in [5, 5.41) is 0. The van der Waals surface area contributed by atoms with Crippen molar-refractivity contribution < 1.29 is 14.3 Å². The lowest BCUT2D eigenvalue weighted by atomic mass is 10.6. The first-order valence-electron chi connectivity index (χ1n) is 3.37. The standard InChI is InChI=1S/C8H12O3/c1-3-6-10-7-5-8(9)11-4-2/h3,5,7H,1,4,6H2,2H3/b7-5+. The van der Waals surface area contributed by atoms with Gasteiger partial charge in [0.15, 0.2) is 0 Å². The third-order valence-corrected chi connectivity index (χ3v) is 0.801. The molecule has 0 rings (SSSR count). The van der Waals surface area contributed by atoms with Crippen LogP contribution in [0.2, 0.25) is 0 Å². The van der Waals surface area contributed by atoms with Crippen LogP contribution >= 0.6 is 0 Å². The Bertz CT molecular complexity index is 149. The van der Waals surface area contributed by atoms with Crippen LogP contribution in [0.1, 0.15) is 6.92 Å². The quantitative estimate of drug-likeness (QED) is 0.198. The summed E-state index contributed by atoms with van der Waals surface area (Å²) >= 11 is 0. The molecule has 0 N–H and O–H groups in total. The molecule has 0 amide bonds. The summed E-state index contributed by atoms with van der Waals surface area (Å²) in [6.07, 6.45) is 4.11. The second kappa shape index (κ2) is 6.86. The number of carbonyl (C=O) groups is 1. The Labute approximate surface area is 66.3 Å². The summed E-state index contributed by atoms with van der Waals surface area (Å²) in [6.45, 7) is 5.96. The molecule has 0 aliphatic carbocycles. The molecule has 0 aliphatic heterocycles. The lowest BCUT2D eigenvalue weighted by Gasteiger charge is -1.95. The van der Waals surface area contributed by atoms with Gasteiger partial charge in [-0.1, -0.05) is 12.7 Å². The van der Waals surface area contributed by atoms with Crippen molar-refractivity contribution >= 4 is 5.97 Å². The summed E-state index contributed by atoms with van der Waals surface area (Å²) in [5.74, 6) is -0.392. The molecule has 3 nitrogen and oxygen atoms in total. The minimum atomic E-state index is -0.392. The summed E-state index contributed by atoms with van der Waals surface area (Å²) in [6, 6.07) is 0. The zero-order chi connectivity index (χ0) is 8.53. The maximum atomic E-state index is 10.6. The Morgan fingerprint density at radius 3 is 2.91 bits per heavy atom. The number of rotatable bonds is 5. The molecule has 0 unspecified atom stereocenters. The minimum absolute atomic E-state index is 0.380. The fourth-order valence-corrected chi connectivity index (χ4v) is 0.418. The molecule has 0 aromatic heterocycles. The van der Waals surface area contributed by atoms with Crippen molar-refractivity contribution in [2.24, 2.45) is 0 Å². The Balaban J connectivity index is 3.39. The van der Waals surface area contributed by atoms with Crippen LogP contribution in [0, 0.1) is 0 Å². The number of esters is 1. The smallest absolute Gasteiger partial charge is 0.333 e. The van der Waals surface area contributed by atoms with Crippen LogP contribution in [-0.2, 0) is 14.3 Å². The molecule has 0 fully saturated rings. The van der Waals surface area contributed by atoms with E-state index in [-0.39, 0.29) is 0 Å². The second-order valence-electron chi connectivity index (χ2n) is 1.68. The van der Waals surface area contributed by atoms with E-state index in [2.05, 4.69) is 11.3 Å². The Kier molecular flexibility index (Phi) is 6.08. The van der Waals surface area contributed by atoms with Crippen LogP contribution in [0.3, 0.4) is 0 Å². The van der Waals surface area contributed by atoms with Gasteiger partial charge in [0.05, 0.1) is 18.9 Å². The highest BCUT2D eigenvalue weighted by atomic mass is 16.5. The third-order valence-electron chi connectivity index (χ3n) is 0.801. The molecule has 0 atom stereocenters. The first kappa shape index (κ1) is 9.75. The van der Waals surface area contributed by atoms with Crippen LogP contribution in [0.15, 0.2) is 25.0 Å². The molecule has 0 spiro atoms. The van der Waals surface area contributed by atoms with E-state index < -0.39 is 5.97 Å². The molecule has 0 aliphatic rings. The first-order chi connectivity index (χ1) is 5.31. The Morgan fingerprint density at radius 2 is 2.36 bits per heavy atom. The second-order valence-corrected chi connectivity index (χ2v) is 1.68. The van der Waals surface area contributed by atoms with Gasteiger partial charge in [0.1, 0.15) is 6.61 Å². The maximum absolute atomic E-state index is 10.6. The van der Waals surface area contributed by atoms with E-state index in [0.29, 0.717) is 13.2 Å². The van der Waals surface area contributed by atoms with E-state index in [4.69, 9.17) is 4.74 Å². The van der Waals surface area contributed by atoms with E-state index in [1.54, 1.807) is 13.0 Å². The predicted molar refractivity (Wildman–Crippen MR) is 41.9 cm³/mol. The van der Waals surface area contributed by atoms with Crippen molar-refractivity contribution in [2.75, 3.05) is 13.2 Å². The van der Waals surface area contributed by atoms with Gasteiger partial charge < -0.3 is 9.47 Å². The highest BCUT2D eigenvalue weighted by Crippen LogP contribution is 1.82. The molecule has 0 bridgehead atoms. The third kappa shape index (κ3) is 6.64. The van der Waals surface area contributed by atoms with Crippen LogP contribution in [0.5, 0.6) is 0 Å². The van der Waals surface area contributed by atoms with Crippen LogP contribution < -0.4 is 0 Å². The molecule has 62 valence electrons. The fourth-order valence-electron chi connectivity index (χ4n) is 0.418. The topological polar surface area (TPSA) is 35.5 Å². The predicted octanol–water partition coefficient (Wildman–Crippen LogP) is 1.27. The van der Waals surface area contributed by atoms with Crippen molar-refractivity contribution in [3.8, 4) is 0 Å². The van der Waals surface area contributed by atoms with Gasteiger partial charge >= 0.3 is 5.97 Å².